The van der Waals surface area contributed by atoms with Crippen LogP contribution in [0.4, 0.5) is 10.5 Å². The van der Waals surface area contributed by atoms with Crippen LogP contribution in [0.5, 0.6) is 0 Å². The first-order chi connectivity index (χ1) is 8.02. The number of carbonyl (C=O) groups is 2. The fourth-order valence-corrected chi connectivity index (χ4v) is 1.30. The van der Waals surface area contributed by atoms with E-state index in [1.54, 1.807) is 18.2 Å². The number of hydrogen-bond acceptors (Lipinski definition) is 2. The molecule has 0 saturated heterocycles. The summed E-state index contributed by atoms with van der Waals surface area (Å²) < 4.78 is 0. The van der Waals surface area contributed by atoms with Gasteiger partial charge in [-0.2, -0.15) is 0 Å². The van der Waals surface area contributed by atoms with Crippen molar-refractivity contribution in [1.82, 2.24) is 5.32 Å². The highest BCUT2D eigenvalue weighted by Gasteiger charge is 2.01. The van der Waals surface area contributed by atoms with Crippen molar-refractivity contribution in [2.45, 2.75) is 6.92 Å². The van der Waals surface area contributed by atoms with E-state index in [2.05, 4.69) is 10.6 Å². The van der Waals surface area contributed by atoms with Gasteiger partial charge in [0, 0.05) is 18.8 Å². The zero-order chi connectivity index (χ0) is 12.8. The topological polar surface area (TPSA) is 78.4 Å². The molecule has 0 spiro atoms. The largest absolute Gasteiger partial charge is 0.478 e. The molecule has 0 aliphatic rings. The molecule has 0 aliphatic heterocycles. The van der Waals surface area contributed by atoms with Crippen LogP contribution >= 0.6 is 0 Å². The zero-order valence-corrected chi connectivity index (χ0v) is 9.65. The molecule has 0 aliphatic carbocycles. The van der Waals surface area contributed by atoms with Gasteiger partial charge in [0.05, 0.1) is 0 Å². The number of carboxylic acid groups (broad SMARTS) is 1. The highest BCUT2D eigenvalue weighted by Crippen LogP contribution is 2.16. The normalized spacial score (nSPS) is 10.2. The van der Waals surface area contributed by atoms with Crippen molar-refractivity contribution in [3.8, 4) is 0 Å². The van der Waals surface area contributed by atoms with Crippen molar-refractivity contribution in [2.75, 3.05) is 12.4 Å². The molecule has 0 atom stereocenters. The van der Waals surface area contributed by atoms with Crippen LogP contribution in [0.1, 0.15) is 11.1 Å². The Hall–Kier alpha value is -2.30. The van der Waals surface area contributed by atoms with Gasteiger partial charge in [-0.05, 0) is 36.3 Å². The third-order valence-corrected chi connectivity index (χ3v) is 2.16. The summed E-state index contributed by atoms with van der Waals surface area (Å²) in [6.45, 7) is 1.84. The molecule has 5 nitrogen and oxygen atoms in total. The van der Waals surface area contributed by atoms with Crippen LogP contribution in [0, 0.1) is 6.92 Å². The summed E-state index contributed by atoms with van der Waals surface area (Å²) in [5.74, 6) is -0.989. The maximum Gasteiger partial charge on any atom is 0.328 e. The molecule has 1 rings (SSSR count). The van der Waals surface area contributed by atoms with E-state index in [0.29, 0.717) is 5.69 Å². The van der Waals surface area contributed by atoms with Crippen molar-refractivity contribution in [1.29, 1.82) is 0 Å². The molecular weight excluding hydrogens is 220 g/mol. The summed E-state index contributed by atoms with van der Waals surface area (Å²) in [5, 5.41) is 13.6. The van der Waals surface area contributed by atoms with E-state index in [1.165, 1.54) is 13.1 Å². The highest BCUT2D eigenvalue weighted by atomic mass is 16.4. The molecular formula is C12H14N2O3. The molecule has 0 aromatic heterocycles. The van der Waals surface area contributed by atoms with Crippen LogP contribution in [0.15, 0.2) is 24.3 Å². The first kappa shape index (κ1) is 12.8. The number of carboxylic acids is 1. The molecule has 0 unspecified atom stereocenters. The first-order valence-electron chi connectivity index (χ1n) is 5.03. The summed E-state index contributed by atoms with van der Waals surface area (Å²) in [4.78, 5) is 21.5. The number of carbonyl (C=O) groups excluding carboxylic acids is 1. The summed E-state index contributed by atoms with van der Waals surface area (Å²) >= 11 is 0. The van der Waals surface area contributed by atoms with Gasteiger partial charge in [-0.1, -0.05) is 6.07 Å². The second-order valence-corrected chi connectivity index (χ2v) is 3.45. The average molecular weight is 234 g/mol. The Morgan fingerprint density at radius 1 is 1.35 bits per heavy atom. The lowest BCUT2D eigenvalue weighted by Crippen LogP contribution is -2.24. The van der Waals surface area contributed by atoms with Gasteiger partial charge in [-0.25, -0.2) is 9.59 Å². The van der Waals surface area contributed by atoms with Crippen molar-refractivity contribution < 1.29 is 14.7 Å². The SMILES string of the molecule is CNC(=O)Nc1ccc(/C=C/C(=O)O)c(C)c1. The smallest absolute Gasteiger partial charge is 0.328 e. The lowest BCUT2D eigenvalue weighted by molar-refractivity contribution is -0.131. The predicted molar refractivity (Wildman–Crippen MR) is 65.9 cm³/mol. The van der Waals surface area contributed by atoms with Gasteiger partial charge in [0.25, 0.3) is 0 Å². The van der Waals surface area contributed by atoms with Crippen LogP contribution in [0.2, 0.25) is 0 Å². The Kier molecular flexibility index (Phi) is 4.28. The highest BCUT2D eigenvalue weighted by molar-refractivity contribution is 5.89. The maximum absolute atomic E-state index is 11.1. The summed E-state index contributed by atoms with van der Waals surface area (Å²) in [7, 11) is 1.53. The minimum absolute atomic E-state index is 0.293. The molecule has 17 heavy (non-hydrogen) atoms. The minimum atomic E-state index is -0.989. The molecule has 0 radical (unpaired) electrons. The van der Waals surface area contributed by atoms with Crippen LogP contribution in [0.25, 0.3) is 6.08 Å². The molecule has 1 aromatic carbocycles. The van der Waals surface area contributed by atoms with Gasteiger partial charge in [0.2, 0.25) is 0 Å². The Bertz CT molecular complexity index is 467. The number of urea groups is 1. The van der Waals surface area contributed by atoms with Crippen molar-refractivity contribution in [3.05, 3.63) is 35.4 Å². The van der Waals surface area contributed by atoms with Crippen molar-refractivity contribution in [3.63, 3.8) is 0 Å². The summed E-state index contributed by atoms with van der Waals surface area (Å²) in [5.41, 5.74) is 2.35. The second-order valence-electron chi connectivity index (χ2n) is 3.45. The molecule has 2 amide bonds. The van der Waals surface area contributed by atoms with Crippen LogP contribution < -0.4 is 10.6 Å². The molecule has 3 N–H and O–H groups in total. The van der Waals surface area contributed by atoms with E-state index in [9.17, 15) is 9.59 Å². The number of rotatable bonds is 3. The Morgan fingerprint density at radius 2 is 2.06 bits per heavy atom. The molecule has 0 bridgehead atoms. The average Bonchev–Trinajstić information content (AvgIpc) is 2.27. The Morgan fingerprint density at radius 3 is 2.59 bits per heavy atom. The van der Waals surface area contributed by atoms with Gasteiger partial charge in [0.15, 0.2) is 0 Å². The lowest BCUT2D eigenvalue weighted by Gasteiger charge is -2.07. The van der Waals surface area contributed by atoms with Gasteiger partial charge in [-0.15, -0.1) is 0 Å². The standard InChI is InChI=1S/C12H14N2O3/c1-8-7-10(14-12(17)13-2)5-3-9(8)4-6-11(15)16/h3-7H,1-2H3,(H,15,16)(H2,13,14,17)/b6-4+. The Balaban J connectivity index is 2.86. The van der Waals surface area contributed by atoms with Gasteiger partial charge >= 0.3 is 12.0 Å². The second kappa shape index (κ2) is 5.69. The van der Waals surface area contributed by atoms with Crippen molar-refractivity contribution in [2.24, 2.45) is 0 Å². The quantitative estimate of drug-likeness (QED) is 0.698. The van der Waals surface area contributed by atoms with Gasteiger partial charge in [-0.3, -0.25) is 0 Å². The number of hydrogen-bond donors (Lipinski definition) is 3. The monoisotopic (exact) mass is 234 g/mol. The third kappa shape index (κ3) is 3.98. The van der Waals surface area contributed by atoms with Crippen LogP contribution in [-0.2, 0) is 4.79 Å². The fraction of sp³-hybridized carbons (Fsp3) is 0.167. The predicted octanol–water partition coefficient (Wildman–Crippen LogP) is 1.84. The van der Waals surface area contributed by atoms with E-state index < -0.39 is 5.97 Å². The van der Waals surface area contributed by atoms with Crippen LogP contribution in [0.3, 0.4) is 0 Å². The zero-order valence-electron chi connectivity index (χ0n) is 9.65. The summed E-state index contributed by atoms with van der Waals surface area (Å²) in [6, 6.07) is 4.94. The third-order valence-electron chi connectivity index (χ3n) is 2.16. The Labute approximate surface area is 99.1 Å². The van der Waals surface area contributed by atoms with E-state index in [1.807, 2.05) is 6.92 Å². The number of amides is 2. The number of nitrogens with one attached hydrogen (secondary N) is 2. The molecule has 0 saturated carbocycles. The number of benzene rings is 1. The fourth-order valence-electron chi connectivity index (χ4n) is 1.30. The summed E-state index contributed by atoms with van der Waals surface area (Å²) in [6.07, 6.45) is 2.59. The minimum Gasteiger partial charge on any atom is -0.478 e. The van der Waals surface area contributed by atoms with E-state index in [-0.39, 0.29) is 6.03 Å². The van der Waals surface area contributed by atoms with Gasteiger partial charge in [0.1, 0.15) is 0 Å². The van der Waals surface area contributed by atoms with E-state index in [4.69, 9.17) is 5.11 Å². The van der Waals surface area contributed by atoms with Crippen molar-refractivity contribution >= 4 is 23.8 Å². The number of anilines is 1. The number of aliphatic carboxylic acids is 1. The first-order valence-corrected chi connectivity index (χ1v) is 5.03. The molecule has 0 fully saturated rings. The lowest BCUT2D eigenvalue weighted by atomic mass is 10.1. The molecule has 90 valence electrons. The maximum atomic E-state index is 11.1. The number of aryl methyl sites for hydroxylation is 1. The van der Waals surface area contributed by atoms with E-state index >= 15 is 0 Å². The molecule has 5 heteroatoms. The van der Waals surface area contributed by atoms with Crippen LogP contribution in [-0.4, -0.2) is 24.2 Å². The van der Waals surface area contributed by atoms with E-state index in [0.717, 1.165) is 17.2 Å². The molecule has 1 aromatic rings. The molecule has 0 heterocycles. The van der Waals surface area contributed by atoms with Gasteiger partial charge < -0.3 is 15.7 Å².